The zero-order valence-corrected chi connectivity index (χ0v) is 5.02. The molecule has 0 aromatic heterocycles. The van der Waals surface area contributed by atoms with Crippen molar-refractivity contribution in [3.63, 3.8) is 0 Å². The van der Waals surface area contributed by atoms with Crippen LogP contribution in [0.3, 0.4) is 0 Å². The average Bonchev–Trinajstić information content (AvgIpc) is 1.64. The van der Waals surface area contributed by atoms with E-state index in [0.29, 0.717) is 6.42 Å². The minimum absolute atomic E-state index is 0.0385. The Kier molecular flexibility index (Phi) is 1.51. The van der Waals surface area contributed by atoms with Crippen LogP contribution in [0.4, 0.5) is 0 Å². The first-order chi connectivity index (χ1) is 3.83. The van der Waals surface area contributed by atoms with E-state index >= 15 is 0 Å². The fraction of sp³-hybridized carbons (Fsp3) is 0.833. The Labute approximate surface area is 48.8 Å². The van der Waals surface area contributed by atoms with Crippen molar-refractivity contribution >= 4 is 5.97 Å². The first-order valence-corrected chi connectivity index (χ1v) is 3.02. The molecule has 0 aromatic carbocycles. The Morgan fingerprint density at radius 2 is 2.50 bits per heavy atom. The molecule has 0 bridgehead atoms. The van der Waals surface area contributed by atoms with Crippen LogP contribution in [-0.4, -0.2) is 12.1 Å². The molecule has 0 amide bonds. The van der Waals surface area contributed by atoms with Crippen molar-refractivity contribution in [3.05, 3.63) is 0 Å². The quantitative estimate of drug-likeness (QED) is 0.502. The third kappa shape index (κ3) is 0.997. The molecule has 1 fully saturated rings. The first-order valence-electron chi connectivity index (χ1n) is 3.02. The zero-order valence-electron chi connectivity index (χ0n) is 5.02. The number of carbonyl (C=O) groups is 1. The molecule has 0 aliphatic carbocycles. The summed E-state index contributed by atoms with van der Waals surface area (Å²) < 4.78 is 4.74. The van der Waals surface area contributed by atoms with Gasteiger partial charge in [-0.1, -0.05) is 13.3 Å². The second kappa shape index (κ2) is 2.16. The van der Waals surface area contributed by atoms with Crippen molar-refractivity contribution in [1.82, 2.24) is 0 Å². The lowest BCUT2D eigenvalue weighted by molar-refractivity contribution is -0.169. The van der Waals surface area contributed by atoms with Gasteiger partial charge in [0.25, 0.3) is 0 Å². The zero-order chi connectivity index (χ0) is 5.98. The van der Waals surface area contributed by atoms with E-state index in [1.165, 1.54) is 0 Å². The number of hydrogen-bond acceptors (Lipinski definition) is 2. The van der Waals surface area contributed by atoms with Crippen LogP contribution in [0.5, 0.6) is 0 Å². The Morgan fingerprint density at radius 1 is 1.88 bits per heavy atom. The number of esters is 1. The summed E-state index contributed by atoms with van der Waals surface area (Å²) in [7, 11) is 0. The molecular formula is C6H10O2. The molecule has 1 atom stereocenters. The van der Waals surface area contributed by atoms with E-state index in [0.717, 1.165) is 12.8 Å². The molecule has 0 unspecified atom stereocenters. The molecule has 1 heterocycles. The molecule has 1 aliphatic rings. The minimum Gasteiger partial charge on any atom is -0.462 e. The van der Waals surface area contributed by atoms with Gasteiger partial charge >= 0.3 is 5.97 Å². The van der Waals surface area contributed by atoms with Crippen molar-refractivity contribution in [2.75, 3.05) is 0 Å². The summed E-state index contributed by atoms with van der Waals surface area (Å²) in [4.78, 5) is 10.2. The van der Waals surface area contributed by atoms with Gasteiger partial charge in [0, 0.05) is 0 Å². The van der Waals surface area contributed by atoms with Crippen LogP contribution in [0, 0.1) is 0 Å². The molecule has 46 valence electrons. The lowest BCUT2D eigenvalue weighted by Gasteiger charge is -2.24. The van der Waals surface area contributed by atoms with Crippen molar-refractivity contribution in [2.24, 2.45) is 0 Å². The molecule has 0 saturated carbocycles. The number of cyclic esters (lactones) is 1. The van der Waals surface area contributed by atoms with E-state index in [1.807, 2.05) is 0 Å². The van der Waals surface area contributed by atoms with Gasteiger partial charge in [-0.2, -0.15) is 0 Å². The molecule has 0 N–H and O–H groups in total. The molecule has 2 nitrogen and oxygen atoms in total. The number of hydrogen-bond donors (Lipinski definition) is 0. The Hall–Kier alpha value is -0.530. The third-order valence-corrected chi connectivity index (χ3v) is 1.30. The highest BCUT2D eigenvalue weighted by molar-refractivity contribution is 5.75. The monoisotopic (exact) mass is 114 g/mol. The van der Waals surface area contributed by atoms with E-state index in [2.05, 4.69) is 6.92 Å². The number of ether oxygens (including phenoxy) is 1. The van der Waals surface area contributed by atoms with Crippen LogP contribution < -0.4 is 0 Å². The van der Waals surface area contributed by atoms with Crippen molar-refractivity contribution in [2.45, 2.75) is 32.3 Å². The maximum absolute atomic E-state index is 10.2. The molecule has 8 heavy (non-hydrogen) atoms. The fourth-order valence-corrected chi connectivity index (χ4v) is 0.845. The van der Waals surface area contributed by atoms with Gasteiger partial charge < -0.3 is 4.74 Å². The lowest BCUT2D eigenvalue weighted by Crippen LogP contribution is -2.32. The highest BCUT2D eigenvalue weighted by atomic mass is 16.6. The van der Waals surface area contributed by atoms with Gasteiger partial charge in [-0.05, 0) is 6.42 Å². The normalized spacial score (nSPS) is 26.6. The summed E-state index contributed by atoms with van der Waals surface area (Å²) in [6.45, 7) is 2.09. The molecule has 1 rings (SSSR count). The summed E-state index contributed by atoms with van der Waals surface area (Å²) in [5.74, 6) is -0.0385. The van der Waals surface area contributed by atoms with Crippen LogP contribution in [0.25, 0.3) is 0 Å². The van der Waals surface area contributed by atoms with E-state index < -0.39 is 0 Å². The predicted octanol–water partition coefficient (Wildman–Crippen LogP) is 1.10. The fourth-order valence-electron chi connectivity index (χ4n) is 0.845. The van der Waals surface area contributed by atoms with E-state index in [4.69, 9.17) is 4.74 Å². The summed E-state index contributed by atoms with van der Waals surface area (Å²) in [6, 6.07) is 0. The molecule has 1 saturated heterocycles. The SMILES string of the molecule is CCC[C@H]1CC(=O)O1. The largest absolute Gasteiger partial charge is 0.462 e. The summed E-state index contributed by atoms with van der Waals surface area (Å²) >= 11 is 0. The second-order valence-electron chi connectivity index (χ2n) is 2.10. The molecular weight excluding hydrogens is 104 g/mol. The number of carbonyl (C=O) groups excluding carboxylic acids is 1. The topological polar surface area (TPSA) is 26.3 Å². The third-order valence-electron chi connectivity index (χ3n) is 1.30. The highest BCUT2D eigenvalue weighted by Crippen LogP contribution is 2.17. The van der Waals surface area contributed by atoms with Crippen LogP contribution >= 0.6 is 0 Å². The summed E-state index contributed by atoms with van der Waals surface area (Å²) in [5, 5.41) is 0. The molecule has 0 radical (unpaired) electrons. The average molecular weight is 114 g/mol. The van der Waals surface area contributed by atoms with Crippen molar-refractivity contribution in [1.29, 1.82) is 0 Å². The molecule has 1 aliphatic heterocycles. The van der Waals surface area contributed by atoms with Crippen LogP contribution in [0.2, 0.25) is 0 Å². The second-order valence-corrected chi connectivity index (χ2v) is 2.10. The van der Waals surface area contributed by atoms with Crippen LogP contribution in [0.1, 0.15) is 26.2 Å². The van der Waals surface area contributed by atoms with Crippen molar-refractivity contribution < 1.29 is 9.53 Å². The predicted molar refractivity (Wildman–Crippen MR) is 29.4 cm³/mol. The van der Waals surface area contributed by atoms with Crippen molar-refractivity contribution in [3.8, 4) is 0 Å². The van der Waals surface area contributed by atoms with Gasteiger partial charge in [0.05, 0.1) is 6.42 Å². The molecule has 2 heteroatoms. The van der Waals surface area contributed by atoms with Gasteiger partial charge in [-0.25, -0.2) is 0 Å². The minimum atomic E-state index is -0.0385. The highest BCUT2D eigenvalue weighted by Gasteiger charge is 2.26. The lowest BCUT2D eigenvalue weighted by atomic mass is 10.1. The van der Waals surface area contributed by atoms with E-state index in [1.54, 1.807) is 0 Å². The van der Waals surface area contributed by atoms with Crippen LogP contribution in [0.15, 0.2) is 0 Å². The maximum atomic E-state index is 10.2. The molecule has 0 aromatic rings. The Morgan fingerprint density at radius 3 is 2.88 bits per heavy atom. The maximum Gasteiger partial charge on any atom is 0.309 e. The smallest absolute Gasteiger partial charge is 0.309 e. The first kappa shape index (κ1) is 5.60. The summed E-state index contributed by atoms with van der Waals surface area (Å²) in [6.07, 6.45) is 3.05. The van der Waals surface area contributed by atoms with Gasteiger partial charge in [0.15, 0.2) is 0 Å². The van der Waals surface area contributed by atoms with Gasteiger partial charge in [-0.3, -0.25) is 4.79 Å². The van der Waals surface area contributed by atoms with Gasteiger partial charge in [-0.15, -0.1) is 0 Å². The molecule has 0 spiro atoms. The van der Waals surface area contributed by atoms with E-state index in [-0.39, 0.29) is 12.1 Å². The Balaban J connectivity index is 2.06. The van der Waals surface area contributed by atoms with Gasteiger partial charge in [0.2, 0.25) is 0 Å². The Bertz CT molecular complexity index is 90.7. The van der Waals surface area contributed by atoms with E-state index in [9.17, 15) is 4.79 Å². The van der Waals surface area contributed by atoms with Crippen LogP contribution in [-0.2, 0) is 9.53 Å². The standard InChI is InChI=1S/C6H10O2/c1-2-3-5-4-6(7)8-5/h5H,2-4H2,1H3/t5-/m0/s1. The number of rotatable bonds is 2. The summed E-state index contributed by atoms with van der Waals surface area (Å²) in [5.41, 5.74) is 0. The van der Waals surface area contributed by atoms with Gasteiger partial charge in [0.1, 0.15) is 6.10 Å².